The molecule has 0 bridgehead atoms. The van der Waals surface area contributed by atoms with Gasteiger partial charge in [0.2, 0.25) is 0 Å². The molecule has 0 radical (unpaired) electrons. The van der Waals surface area contributed by atoms with Gasteiger partial charge in [-0.2, -0.15) is 9.97 Å². The molecule has 3 aliphatic heterocycles. The first-order valence-corrected chi connectivity index (χ1v) is 13.0. The molecule has 34 heavy (non-hydrogen) atoms. The van der Waals surface area contributed by atoms with Gasteiger partial charge in [0.05, 0.1) is 23.6 Å². The van der Waals surface area contributed by atoms with E-state index in [-0.39, 0.29) is 11.6 Å². The first-order valence-electron chi connectivity index (χ1n) is 12.2. The van der Waals surface area contributed by atoms with Crippen molar-refractivity contribution in [1.82, 2.24) is 15.0 Å². The highest BCUT2D eigenvalue weighted by Crippen LogP contribution is 2.35. The molecule has 3 aromatic heterocycles. The molecular formula is C23H29N7O3S. The normalized spacial score (nSPS) is 19.2. The molecule has 3 aromatic rings. The van der Waals surface area contributed by atoms with Gasteiger partial charge in [-0.1, -0.05) is 11.3 Å². The van der Waals surface area contributed by atoms with Gasteiger partial charge in [0.1, 0.15) is 6.26 Å². The number of piperidine rings is 1. The number of pyridine rings is 1. The van der Waals surface area contributed by atoms with E-state index in [1.807, 2.05) is 6.07 Å². The monoisotopic (exact) mass is 483 g/mol. The molecule has 0 atom stereocenters. The average Bonchev–Trinajstić information content (AvgIpc) is 3.65. The van der Waals surface area contributed by atoms with E-state index in [1.165, 1.54) is 12.7 Å². The van der Waals surface area contributed by atoms with E-state index in [4.69, 9.17) is 19.1 Å². The molecule has 1 N–H and O–H groups in total. The zero-order valence-electron chi connectivity index (χ0n) is 19.2. The van der Waals surface area contributed by atoms with Crippen molar-refractivity contribution in [1.29, 1.82) is 0 Å². The van der Waals surface area contributed by atoms with Crippen molar-refractivity contribution in [2.45, 2.75) is 32.1 Å². The number of fused-ring (bicyclic) bond motifs is 1. The van der Waals surface area contributed by atoms with Crippen LogP contribution < -0.4 is 20.0 Å². The van der Waals surface area contributed by atoms with E-state index in [0.717, 1.165) is 86.2 Å². The summed E-state index contributed by atoms with van der Waals surface area (Å²) < 4.78 is 12.0. The highest BCUT2D eigenvalue weighted by molar-refractivity contribution is 7.22. The van der Waals surface area contributed by atoms with Gasteiger partial charge in [0.15, 0.2) is 22.3 Å². The number of hydrogen-bond acceptors (Lipinski definition) is 10. The molecule has 0 saturated carbocycles. The third-order valence-electron chi connectivity index (χ3n) is 6.64. The maximum atomic E-state index is 13.1. The lowest BCUT2D eigenvalue weighted by Gasteiger charge is -2.29. The first-order chi connectivity index (χ1) is 16.7. The average molecular weight is 484 g/mol. The van der Waals surface area contributed by atoms with Gasteiger partial charge in [-0.05, 0) is 38.2 Å². The Labute approximate surface area is 201 Å². The van der Waals surface area contributed by atoms with Crippen LogP contribution in [0.15, 0.2) is 16.7 Å². The number of carbonyl (C=O) groups excluding carboxylic acids is 1. The van der Waals surface area contributed by atoms with Gasteiger partial charge in [0, 0.05) is 39.3 Å². The number of nitrogens with one attached hydrogen (secondary N) is 1. The van der Waals surface area contributed by atoms with Gasteiger partial charge in [0.25, 0.3) is 11.9 Å². The first kappa shape index (κ1) is 21.6. The van der Waals surface area contributed by atoms with Crippen LogP contribution in [0.25, 0.3) is 10.3 Å². The number of hydrogen-bond donors (Lipinski definition) is 1. The van der Waals surface area contributed by atoms with Crippen LogP contribution >= 0.6 is 11.3 Å². The summed E-state index contributed by atoms with van der Waals surface area (Å²) in [5.74, 6) is 0.495. The minimum atomic E-state index is -0.286. The second-order valence-corrected chi connectivity index (χ2v) is 10.00. The minimum absolute atomic E-state index is 0.282. The predicted octanol–water partition coefficient (Wildman–Crippen LogP) is 3.36. The summed E-state index contributed by atoms with van der Waals surface area (Å²) in [5.41, 5.74) is 1.70. The molecule has 3 aliphatic rings. The van der Waals surface area contributed by atoms with Crippen LogP contribution in [0.3, 0.4) is 0 Å². The number of oxazole rings is 1. The van der Waals surface area contributed by atoms with Crippen molar-refractivity contribution in [3.8, 4) is 0 Å². The van der Waals surface area contributed by atoms with Gasteiger partial charge >= 0.3 is 0 Å². The minimum Gasteiger partial charge on any atom is -0.431 e. The molecule has 6 rings (SSSR count). The Kier molecular flexibility index (Phi) is 5.96. The van der Waals surface area contributed by atoms with Crippen molar-refractivity contribution in [2.24, 2.45) is 0 Å². The quantitative estimate of drug-likeness (QED) is 0.585. The molecule has 180 valence electrons. The van der Waals surface area contributed by atoms with Crippen LogP contribution in [0.1, 0.15) is 42.6 Å². The van der Waals surface area contributed by atoms with E-state index >= 15 is 0 Å². The second-order valence-electron chi connectivity index (χ2n) is 8.99. The number of anilines is 4. The molecule has 1 amide bonds. The lowest BCUT2D eigenvalue weighted by Crippen LogP contribution is -2.36. The number of rotatable bonds is 5. The molecule has 0 aliphatic carbocycles. The van der Waals surface area contributed by atoms with E-state index in [1.54, 1.807) is 11.3 Å². The van der Waals surface area contributed by atoms with Crippen LogP contribution in [-0.4, -0.2) is 73.3 Å². The molecule has 0 unspecified atom stereocenters. The van der Waals surface area contributed by atoms with Crippen molar-refractivity contribution >= 4 is 50.2 Å². The number of aromatic nitrogens is 3. The summed E-state index contributed by atoms with van der Waals surface area (Å²) in [4.78, 5) is 33.9. The van der Waals surface area contributed by atoms with Crippen molar-refractivity contribution in [2.75, 3.05) is 72.5 Å². The topological polar surface area (TPSA) is 99.9 Å². The van der Waals surface area contributed by atoms with Crippen LogP contribution in [0.2, 0.25) is 0 Å². The highest BCUT2D eigenvalue weighted by Gasteiger charge is 2.24. The van der Waals surface area contributed by atoms with Crippen molar-refractivity contribution in [3.63, 3.8) is 0 Å². The SMILES string of the molecule is O=C(Nc1cc2sc(N3CCOCC3)nc2nc1N1CCCCC1)c1coc(N2CCCC2)n1. The Morgan fingerprint density at radius 3 is 2.41 bits per heavy atom. The number of carbonyl (C=O) groups is 1. The van der Waals surface area contributed by atoms with Crippen molar-refractivity contribution in [3.05, 3.63) is 18.0 Å². The fourth-order valence-corrected chi connectivity index (χ4v) is 5.78. The summed E-state index contributed by atoms with van der Waals surface area (Å²) in [6.45, 7) is 6.75. The third kappa shape index (κ3) is 4.29. The molecule has 0 aromatic carbocycles. The number of amides is 1. The third-order valence-corrected chi connectivity index (χ3v) is 7.69. The highest BCUT2D eigenvalue weighted by atomic mass is 32.1. The fraction of sp³-hybridized carbons (Fsp3) is 0.565. The Balaban J connectivity index is 1.30. The van der Waals surface area contributed by atoms with Gasteiger partial charge in [-0.15, -0.1) is 0 Å². The van der Waals surface area contributed by atoms with Crippen LogP contribution in [-0.2, 0) is 4.74 Å². The number of morpholine rings is 1. The summed E-state index contributed by atoms with van der Waals surface area (Å²) >= 11 is 1.60. The molecule has 6 heterocycles. The van der Waals surface area contributed by atoms with Gasteiger partial charge in [-0.3, -0.25) is 4.79 Å². The number of ether oxygens (including phenoxy) is 1. The van der Waals surface area contributed by atoms with E-state index in [9.17, 15) is 4.79 Å². The summed E-state index contributed by atoms with van der Waals surface area (Å²) in [7, 11) is 0. The zero-order chi connectivity index (χ0) is 22.9. The smallest absolute Gasteiger partial charge is 0.297 e. The predicted molar refractivity (Wildman–Crippen MR) is 132 cm³/mol. The molecule has 0 spiro atoms. The van der Waals surface area contributed by atoms with Crippen LogP contribution in [0.4, 0.5) is 22.7 Å². The number of thiazole rings is 1. The summed E-state index contributed by atoms with van der Waals surface area (Å²) in [6, 6.07) is 2.53. The van der Waals surface area contributed by atoms with Crippen molar-refractivity contribution < 1.29 is 13.9 Å². The van der Waals surface area contributed by atoms with Crippen LogP contribution in [0, 0.1) is 0 Å². The maximum Gasteiger partial charge on any atom is 0.297 e. The molecule has 11 heteroatoms. The maximum absolute atomic E-state index is 13.1. The lowest BCUT2D eigenvalue weighted by atomic mass is 10.1. The molecular weight excluding hydrogens is 454 g/mol. The Hall–Kier alpha value is -2.92. The zero-order valence-corrected chi connectivity index (χ0v) is 20.0. The molecule has 10 nitrogen and oxygen atoms in total. The Morgan fingerprint density at radius 1 is 0.882 bits per heavy atom. The lowest BCUT2D eigenvalue weighted by molar-refractivity contribution is 0.102. The summed E-state index contributed by atoms with van der Waals surface area (Å²) in [5, 5.41) is 4.02. The summed E-state index contributed by atoms with van der Waals surface area (Å²) in [6.07, 6.45) is 7.14. The number of nitrogens with zero attached hydrogens (tertiary/aromatic N) is 6. The van der Waals surface area contributed by atoms with Crippen LogP contribution in [0.5, 0.6) is 0 Å². The molecule has 3 fully saturated rings. The largest absolute Gasteiger partial charge is 0.431 e. The van der Waals surface area contributed by atoms with Gasteiger partial charge in [-0.25, -0.2) is 4.98 Å². The van der Waals surface area contributed by atoms with Gasteiger partial charge < -0.3 is 29.2 Å². The molecule has 3 saturated heterocycles. The van der Waals surface area contributed by atoms with E-state index in [0.29, 0.717) is 24.9 Å². The second kappa shape index (κ2) is 9.38. The van der Waals surface area contributed by atoms with E-state index < -0.39 is 0 Å². The fourth-order valence-electron chi connectivity index (χ4n) is 4.78. The Bertz CT molecular complexity index is 1160. The van der Waals surface area contributed by atoms with E-state index in [2.05, 4.69) is 25.0 Å². The Morgan fingerprint density at radius 2 is 1.62 bits per heavy atom. The standard InChI is InChI=1S/C23H29N7O3S/c31-21(17-15-33-22(25-17)29-8-4-5-9-29)24-16-14-18-19(26-20(16)28-6-2-1-3-7-28)27-23(34-18)30-10-12-32-13-11-30/h14-15H,1-13H2,(H,24,31).